The number of aromatic nitrogens is 1. The van der Waals surface area contributed by atoms with Gasteiger partial charge in [0.25, 0.3) is 5.91 Å². The summed E-state index contributed by atoms with van der Waals surface area (Å²) in [6, 6.07) is 8.80. The Kier molecular flexibility index (Phi) is 6.50. The van der Waals surface area contributed by atoms with E-state index in [2.05, 4.69) is 48.1 Å². The third-order valence-electron chi connectivity index (χ3n) is 7.13. The maximum Gasteiger partial charge on any atom is 0.255 e. The SMILES string of the molecule is CC1CC=C(C(=O)N2CCC(Oc3cc(C4=CCC(C)C(C#N)=C4)cc4ccncc34)CC2)C=N1. The Morgan fingerprint density at radius 1 is 1.17 bits per heavy atom. The molecule has 5 rings (SSSR count). The summed E-state index contributed by atoms with van der Waals surface area (Å²) in [5.74, 6) is 1.11. The first-order chi connectivity index (χ1) is 17.0. The molecular formula is C29H30N4O2. The van der Waals surface area contributed by atoms with Crippen molar-refractivity contribution in [1.29, 1.82) is 5.26 Å². The quantitative estimate of drug-likeness (QED) is 0.615. The first-order valence-corrected chi connectivity index (χ1v) is 12.4. The maximum absolute atomic E-state index is 12.9. The van der Waals surface area contributed by atoms with E-state index in [1.807, 2.05) is 29.3 Å². The van der Waals surface area contributed by atoms with Crippen LogP contribution in [0.25, 0.3) is 16.3 Å². The van der Waals surface area contributed by atoms with Gasteiger partial charge in [0.2, 0.25) is 0 Å². The van der Waals surface area contributed by atoms with Crippen molar-refractivity contribution in [2.24, 2.45) is 10.9 Å². The van der Waals surface area contributed by atoms with Crippen LogP contribution in [0.15, 0.2) is 65.0 Å². The second-order valence-corrected chi connectivity index (χ2v) is 9.71. The number of piperidine rings is 1. The Hall–Kier alpha value is -3.72. The first kappa shape index (κ1) is 23.0. The average Bonchev–Trinajstić information content (AvgIpc) is 2.89. The van der Waals surface area contributed by atoms with Gasteiger partial charge in [0.15, 0.2) is 0 Å². The molecule has 2 aliphatic heterocycles. The molecule has 0 spiro atoms. The van der Waals surface area contributed by atoms with Crippen LogP contribution < -0.4 is 4.74 Å². The van der Waals surface area contributed by atoms with Crippen molar-refractivity contribution in [2.45, 2.75) is 51.7 Å². The summed E-state index contributed by atoms with van der Waals surface area (Å²) < 4.78 is 6.53. The number of nitriles is 1. The highest BCUT2D eigenvalue weighted by Crippen LogP contribution is 2.35. The molecule has 2 atom stereocenters. The van der Waals surface area contributed by atoms with Gasteiger partial charge in [0, 0.05) is 55.5 Å². The van der Waals surface area contributed by atoms with Crippen molar-refractivity contribution in [2.75, 3.05) is 13.1 Å². The summed E-state index contributed by atoms with van der Waals surface area (Å²) >= 11 is 0. The van der Waals surface area contributed by atoms with Gasteiger partial charge in [0.05, 0.1) is 17.7 Å². The van der Waals surface area contributed by atoms with Gasteiger partial charge in [-0.1, -0.05) is 19.1 Å². The Bertz CT molecular complexity index is 1310. The van der Waals surface area contributed by atoms with E-state index in [1.54, 1.807) is 12.4 Å². The van der Waals surface area contributed by atoms with E-state index in [0.29, 0.717) is 18.7 Å². The van der Waals surface area contributed by atoms with Crippen LogP contribution >= 0.6 is 0 Å². The van der Waals surface area contributed by atoms with Gasteiger partial charge in [-0.3, -0.25) is 14.8 Å². The van der Waals surface area contributed by atoms with Crippen molar-refractivity contribution in [3.05, 3.63) is 65.5 Å². The van der Waals surface area contributed by atoms with Crippen LogP contribution in [0.1, 0.15) is 45.1 Å². The third kappa shape index (κ3) is 4.90. The number of nitrogens with zero attached hydrogens (tertiary/aromatic N) is 4. The number of rotatable bonds is 4. The number of dihydropyridines is 1. The van der Waals surface area contributed by atoms with Crippen molar-refractivity contribution in [1.82, 2.24) is 9.88 Å². The summed E-state index contributed by atoms with van der Waals surface area (Å²) in [5, 5.41) is 11.5. The summed E-state index contributed by atoms with van der Waals surface area (Å²) in [5.41, 5.74) is 3.61. The molecule has 0 bridgehead atoms. The summed E-state index contributed by atoms with van der Waals surface area (Å²) in [6.07, 6.45) is 14.8. The van der Waals surface area contributed by atoms with E-state index in [-0.39, 0.29) is 24.0 Å². The number of allylic oxidation sites excluding steroid dienone is 4. The van der Waals surface area contributed by atoms with Crippen molar-refractivity contribution >= 4 is 28.5 Å². The van der Waals surface area contributed by atoms with Crippen LogP contribution in [-0.2, 0) is 4.79 Å². The topological polar surface area (TPSA) is 78.6 Å². The molecule has 6 heteroatoms. The number of ether oxygens (including phenoxy) is 1. The molecule has 6 nitrogen and oxygen atoms in total. The molecule has 1 aromatic heterocycles. The molecule has 3 aliphatic rings. The van der Waals surface area contributed by atoms with Crippen LogP contribution in [0.4, 0.5) is 0 Å². The number of likely N-dealkylation sites (tertiary alicyclic amines) is 1. The Labute approximate surface area is 206 Å². The number of hydrogen-bond acceptors (Lipinski definition) is 5. The smallest absolute Gasteiger partial charge is 0.255 e. The van der Waals surface area contributed by atoms with Gasteiger partial charge in [-0.2, -0.15) is 5.26 Å². The summed E-state index contributed by atoms with van der Waals surface area (Å²) in [4.78, 5) is 23.5. The lowest BCUT2D eigenvalue weighted by atomic mass is 9.87. The molecule has 1 saturated heterocycles. The fraction of sp³-hybridized carbons (Fsp3) is 0.379. The van der Waals surface area contributed by atoms with Crippen molar-refractivity contribution in [3.63, 3.8) is 0 Å². The molecule has 1 fully saturated rings. The largest absolute Gasteiger partial charge is 0.490 e. The van der Waals surface area contributed by atoms with Crippen LogP contribution in [0.2, 0.25) is 0 Å². The predicted molar refractivity (Wildman–Crippen MR) is 138 cm³/mol. The van der Waals surface area contributed by atoms with Gasteiger partial charge in [-0.15, -0.1) is 0 Å². The fourth-order valence-electron chi connectivity index (χ4n) is 4.87. The molecule has 0 saturated carbocycles. The van der Waals surface area contributed by atoms with Gasteiger partial charge in [0.1, 0.15) is 11.9 Å². The van der Waals surface area contributed by atoms with Crippen LogP contribution in [-0.4, -0.2) is 47.2 Å². The van der Waals surface area contributed by atoms with E-state index in [9.17, 15) is 10.1 Å². The van der Waals surface area contributed by atoms with Gasteiger partial charge in [-0.05, 0) is 66.5 Å². The molecule has 2 unspecified atom stereocenters. The summed E-state index contributed by atoms with van der Waals surface area (Å²) in [7, 11) is 0. The second kappa shape index (κ2) is 9.87. The molecule has 0 radical (unpaired) electrons. The second-order valence-electron chi connectivity index (χ2n) is 9.71. The van der Waals surface area contributed by atoms with Crippen LogP contribution in [0, 0.1) is 17.2 Å². The zero-order valence-corrected chi connectivity index (χ0v) is 20.3. The highest BCUT2D eigenvalue weighted by Gasteiger charge is 2.27. The third-order valence-corrected chi connectivity index (χ3v) is 7.13. The number of pyridine rings is 1. The molecule has 178 valence electrons. The maximum atomic E-state index is 12.9. The standard InChI is InChI=1S/C29H30N4O2/c1-19-3-5-21(13-25(19)16-30)24-14-22-7-10-31-18-27(22)28(15-24)35-26-8-11-33(12-9-26)29(34)23-6-4-20(2)32-17-23/h5-7,10,13-15,17-20,26H,3-4,8-9,11-12H2,1-2H3. The molecule has 1 amide bonds. The molecular weight excluding hydrogens is 436 g/mol. The zero-order chi connectivity index (χ0) is 24.4. The van der Waals surface area contributed by atoms with E-state index in [1.165, 1.54) is 0 Å². The average molecular weight is 467 g/mol. The first-order valence-electron chi connectivity index (χ1n) is 12.4. The lowest BCUT2D eigenvalue weighted by Crippen LogP contribution is -2.42. The van der Waals surface area contributed by atoms with Gasteiger partial charge < -0.3 is 9.64 Å². The van der Waals surface area contributed by atoms with Gasteiger partial charge in [-0.25, -0.2) is 0 Å². The van der Waals surface area contributed by atoms with Gasteiger partial charge >= 0.3 is 0 Å². The lowest BCUT2D eigenvalue weighted by molar-refractivity contribution is -0.128. The van der Waals surface area contributed by atoms with E-state index >= 15 is 0 Å². The minimum absolute atomic E-state index is 0.0253. The van der Waals surface area contributed by atoms with Crippen molar-refractivity contribution in [3.8, 4) is 11.8 Å². The normalized spacial score (nSPS) is 22.8. The van der Waals surface area contributed by atoms with Crippen LogP contribution in [0.3, 0.4) is 0 Å². The molecule has 0 N–H and O–H groups in total. The zero-order valence-electron chi connectivity index (χ0n) is 20.3. The van der Waals surface area contributed by atoms with Crippen molar-refractivity contribution < 1.29 is 9.53 Å². The highest BCUT2D eigenvalue weighted by atomic mass is 16.5. The summed E-state index contributed by atoms with van der Waals surface area (Å²) in [6.45, 7) is 5.46. The number of carbonyl (C=O) groups excluding carboxylic acids is 1. The van der Waals surface area contributed by atoms with Crippen LogP contribution in [0.5, 0.6) is 5.75 Å². The molecule has 2 aromatic rings. The Morgan fingerprint density at radius 3 is 2.74 bits per heavy atom. The lowest BCUT2D eigenvalue weighted by Gasteiger charge is -2.33. The number of amides is 1. The predicted octanol–water partition coefficient (Wildman–Crippen LogP) is 5.27. The molecule has 35 heavy (non-hydrogen) atoms. The molecule has 1 aromatic carbocycles. The molecule has 1 aliphatic carbocycles. The highest BCUT2D eigenvalue weighted by molar-refractivity contribution is 6.12. The minimum Gasteiger partial charge on any atom is -0.490 e. The number of hydrogen-bond donors (Lipinski definition) is 0. The van der Waals surface area contributed by atoms with E-state index < -0.39 is 0 Å². The number of fused-ring (bicyclic) bond motifs is 1. The fourth-order valence-corrected chi connectivity index (χ4v) is 4.87. The van der Waals surface area contributed by atoms with E-state index in [0.717, 1.165) is 58.9 Å². The molecule has 3 heterocycles. The number of aliphatic imine (C=N–C) groups is 1. The monoisotopic (exact) mass is 466 g/mol. The minimum atomic E-state index is 0.0253. The Balaban J connectivity index is 1.33. The van der Waals surface area contributed by atoms with E-state index in [4.69, 9.17) is 4.74 Å². The number of benzene rings is 1. The Morgan fingerprint density at radius 2 is 2.00 bits per heavy atom. The number of carbonyl (C=O) groups is 1.